The highest BCUT2D eigenvalue weighted by molar-refractivity contribution is 5.94. The fraction of sp³-hybridized carbons (Fsp3) is 0.138. The van der Waals surface area contributed by atoms with Crippen molar-refractivity contribution in [2.75, 3.05) is 0 Å². The predicted octanol–water partition coefficient (Wildman–Crippen LogP) is 7.53. The summed E-state index contributed by atoms with van der Waals surface area (Å²) < 4.78 is 4.69. The van der Waals surface area contributed by atoms with E-state index >= 15 is 0 Å². The molecule has 0 aliphatic heterocycles. The Morgan fingerprint density at radius 1 is 0.562 bits per heavy atom. The number of hydrogen-bond acceptors (Lipinski definition) is 1. The van der Waals surface area contributed by atoms with Gasteiger partial charge in [-0.3, -0.25) is 4.40 Å². The second-order valence-corrected chi connectivity index (χ2v) is 9.39. The van der Waals surface area contributed by atoms with E-state index in [1.807, 2.05) is 0 Å². The van der Waals surface area contributed by atoms with Gasteiger partial charge in [0.15, 0.2) is 0 Å². The second kappa shape index (κ2) is 6.83. The van der Waals surface area contributed by atoms with Gasteiger partial charge in [-0.05, 0) is 67.3 Å². The topological polar surface area (TPSA) is 22.2 Å². The van der Waals surface area contributed by atoms with Crippen LogP contribution in [0.3, 0.4) is 0 Å². The molecule has 3 heteroatoms. The van der Waals surface area contributed by atoms with E-state index in [0.29, 0.717) is 0 Å². The van der Waals surface area contributed by atoms with Gasteiger partial charge < -0.3 is 4.57 Å². The van der Waals surface area contributed by atoms with E-state index in [9.17, 15) is 0 Å². The van der Waals surface area contributed by atoms with E-state index in [4.69, 9.17) is 4.98 Å². The zero-order chi connectivity index (χ0) is 21.9. The Morgan fingerprint density at radius 2 is 1.12 bits per heavy atom. The SMILES string of the molecule is CC(C)(C)n1c2ccc(-c3ccccc3)cc2n2c3cc(-c4ccccc4)ccc3nc12. The van der Waals surface area contributed by atoms with E-state index in [1.165, 1.54) is 33.3 Å². The Hall–Kier alpha value is -3.85. The van der Waals surface area contributed by atoms with Gasteiger partial charge in [-0.25, -0.2) is 4.98 Å². The van der Waals surface area contributed by atoms with Gasteiger partial charge in [0.1, 0.15) is 0 Å². The smallest absolute Gasteiger partial charge is 0.216 e. The first-order valence-electron chi connectivity index (χ1n) is 11.1. The number of fused-ring (bicyclic) bond motifs is 5. The minimum absolute atomic E-state index is 0.0963. The van der Waals surface area contributed by atoms with Crippen molar-refractivity contribution < 1.29 is 0 Å². The molecule has 0 saturated carbocycles. The van der Waals surface area contributed by atoms with Gasteiger partial charge in [0.25, 0.3) is 0 Å². The number of hydrogen-bond donors (Lipinski definition) is 0. The summed E-state index contributed by atoms with van der Waals surface area (Å²) in [5.41, 5.74) is 9.30. The fourth-order valence-electron chi connectivity index (χ4n) is 4.73. The largest absolute Gasteiger partial charge is 0.304 e. The van der Waals surface area contributed by atoms with Crippen LogP contribution in [0.15, 0.2) is 97.1 Å². The highest BCUT2D eigenvalue weighted by Gasteiger charge is 2.24. The van der Waals surface area contributed by atoms with Crippen LogP contribution < -0.4 is 0 Å². The van der Waals surface area contributed by atoms with Crippen molar-refractivity contribution in [3.8, 4) is 22.3 Å². The molecule has 6 aromatic rings. The Labute approximate surface area is 187 Å². The molecule has 2 aromatic heterocycles. The third kappa shape index (κ3) is 2.85. The molecule has 2 heterocycles. The third-order valence-electron chi connectivity index (χ3n) is 6.18. The zero-order valence-corrected chi connectivity index (χ0v) is 18.6. The summed E-state index contributed by atoms with van der Waals surface area (Å²) in [7, 11) is 0. The third-order valence-corrected chi connectivity index (χ3v) is 6.18. The summed E-state index contributed by atoms with van der Waals surface area (Å²) in [6.45, 7) is 6.73. The van der Waals surface area contributed by atoms with Crippen molar-refractivity contribution in [3.63, 3.8) is 0 Å². The lowest BCUT2D eigenvalue weighted by Gasteiger charge is -2.22. The number of nitrogens with zero attached hydrogens (tertiary/aromatic N) is 3. The van der Waals surface area contributed by atoms with Crippen LogP contribution in [0.4, 0.5) is 0 Å². The van der Waals surface area contributed by atoms with E-state index in [-0.39, 0.29) is 5.54 Å². The summed E-state index contributed by atoms with van der Waals surface area (Å²) >= 11 is 0. The summed E-state index contributed by atoms with van der Waals surface area (Å²) in [4.78, 5) is 5.08. The van der Waals surface area contributed by atoms with E-state index in [2.05, 4.69) is 127 Å². The quantitative estimate of drug-likeness (QED) is 0.286. The average Bonchev–Trinajstić information content (AvgIpc) is 3.33. The average molecular weight is 416 g/mol. The van der Waals surface area contributed by atoms with Crippen LogP contribution >= 0.6 is 0 Å². The van der Waals surface area contributed by atoms with Crippen molar-refractivity contribution in [1.82, 2.24) is 14.0 Å². The summed E-state index contributed by atoms with van der Waals surface area (Å²) in [6, 6.07) is 34.5. The molecule has 4 aromatic carbocycles. The van der Waals surface area contributed by atoms with Gasteiger partial charge in [-0.2, -0.15) is 0 Å². The van der Waals surface area contributed by atoms with Gasteiger partial charge in [-0.15, -0.1) is 0 Å². The zero-order valence-electron chi connectivity index (χ0n) is 18.6. The molecule has 156 valence electrons. The Morgan fingerprint density at radius 3 is 1.72 bits per heavy atom. The van der Waals surface area contributed by atoms with Gasteiger partial charge in [0.05, 0.1) is 22.1 Å². The Balaban J connectivity index is 1.71. The number of benzene rings is 4. The second-order valence-electron chi connectivity index (χ2n) is 9.39. The molecule has 0 amide bonds. The van der Waals surface area contributed by atoms with Gasteiger partial charge in [0, 0.05) is 5.54 Å². The maximum absolute atomic E-state index is 5.08. The number of rotatable bonds is 2. The summed E-state index contributed by atoms with van der Waals surface area (Å²) in [6.07, 6.45) is 0. The molecule has 0 bridgehead atoms. The van der Waals surface area contributed by atoms with E-state index in [0.717, 1.165) is 16.8 Å². The summed E-state index contributed by atoms with van der Waals surface area (Å²) in [5.74, 6) is 0.984. The lowest BCUT2D eigenvalue weighted by molar-refractivity contribution is 0.419. The van der Waals surface area contributed by atoms with Crippen LogP contribution in [-0.2, 0) is 5.54 Å². The molecule has 0 radical (unpaired) electrons. The molecular weight excluding hydrogens is 390 g/mol. The first-order chi connectivity index (χ1) is 15.5. The lowest BCUT2D eigenvalue weighted by atomic mass is 10.0. The molecule has 0 saturated heterocycles. The van der Waals surface area contributed by atoms with Crippen molar-refractivity contribution in [1.29, 1.82) is 0 Å². The van der Waals surface area contributed by atoms with Crippen LogP contribution in [0.1, 0.15) is 20.8 Å². The van der Waals surface area contributed by atoms with Crippen LogP contribution in [-0.4, -0.2) is 14.0 Å². The first-order valence-corrected chi connectivity index (χ1v) is 11.1. The molecule has 3 nitrogen and oxygen atoms in total. The Kier molecular flexibility index (Phi) is 4.03. The first kappa shape index (κ1) is 18.9. The molecule has 0 fully saturated rings. The highest BCUT2D eigenvalue weighted by Crippen LogP contribution is 2.35. The molecule has 32 heavy (non-hydrogen) atoms. The molecular formula is C29H25N3. The maximum atomic E-state index is 5.08. The molecule has 0 unspecified atom stereocenters. The van der Waals surface area contributed by atoms with E-state index < -0.39 is 0 Å². The fourth-order valence-corrected chi connectivity index (χ4v) is 4.73. The maximum Gasteiger partial charge on any atom is 0.216 e. The monoisotopic (exact) mass is 415 g/mol. The highest BCUT2D eigenvalue weighted by atomic mass is 15.2. The minimum atomic E-state index is -0.0963. The minimum Gasteiger partial charge on any atom is -0.304 e. The van der Waals surface area contributed by atoms with E-state index in [1.54, 1.807) is 0 Å². The standard InChI is InChI=1S/C29H25N3/c1-29(2,3)32-25-17-15-23(21-12-8-5-9-13-21)19-27(25)31-26-18-22(20-10-6-4-7-11-20)14-16-24(26)30-28(31)32/h4-19H,1-3H3. The molecule has 0 aliphatic rings. The molecule has 0 atom stereocenters. The molecule has 6 rings (SSSR count). The van der Waals surface area contributed by atoms with Crippen LogP contribution in [0, 0.1) is 0 Å². The van der Waals surface area contributed by atoms with Crippen LogP contribution in [0.25, 0.3) is 50.1 Å². The molecule has 0 aliphatic carbocycles. The van der Waals surface area contributed by atoms with Crippen LogP contribution in [0.5, 0.6) is 0 Å². The lowest BCUT2D eigenvalue weighted by Crippen LogP contribution is -2.21. The molecule has 0 N–H and O–H groups in total. The van der Waals surface area contributed by atoms with Crippen molar-refractivity contribution >= 4 is 27.8 Å². The normalized spacial score (nSPS) is 12.2. The van der Waals surface area contributed by atoms with Crippen molar-refractivity contribution in [3.05, 3.63) is 97.1 Å². The predicted molar refractivity (Wildman–Crippen MR) is 134 cm³/mol. The number of aromatic nitrogens is 3. The van der Waals surface area contributed by atoms with Crippen molar-refractivity contribution in [2.45, 2.75) is 26.3 Å². The summed E-state index contributed by atoms with van der Waals surface area (Å²) in [5, 5.41) is 0. The van der Waals surface area contributed by atoms with Gasteiger partial charge >= 0.3 is 0 Å². The van der Waals surface area contributed by atoms with Gasteiger partial charge in [0.2, 0.25) is 5.78 Å². The van der Waals surface area contributed by atoms with Crippen LogP contribution in [0.2, 0.25) is 0 Å². The van der Waals surface area contributed by atoms with Crippen molar-refractivity contribution in [2.24, 2.45) is 0 Å². The molecule has 0 spiro atoms. The Bertz CT molecular complexity index is 1580. The number of imidazole rings is 2. The van der Waals surface area contributed by atoms with Gasteiger partial charge in [-0.1, -0.05) is 72.8 Å².